The number of rotatable bonds is 5. The fourth-order valence-electron chi connectivity index (χ4n) is 6.36. The van der Waals surface area contributed by atoms with Crippen LogP contribution in [0.5, 0.6) is 0 Å². The van der Waals surface area contributed by atoms with Crippen LogP contribution in [0.25, 0.3) is 0 Å². The van der Waals surface area contributed by atoms with Crippen molar-refractivity contribution in [3.05, 3.63) is 24.2 Å². The molecule has 156 valence electrons. The summed E-state index contributed by atoms with van der Waals surface area (Å²) >= 11 is 0. The van der Waals surface area contributed by atoms with Crippen LogP contribution in [0, 0.1) is 22.7 Å². The first-order chi connectivity index (χ1) is 13.3. The van der Waals surface area contributed by atoms with Gasteiger partial charge in [0.25, 0.3) is 0 Å². The average molecular weight is 392 g/mol. The normalized spacial score (nSPS) is 44.9. The molecule has 0 unspecified atom stereocenters. The van der Waals surface area contributed by atoms with Crippen LogP contribution in [-0.2, 0) is 20.7 Å². The second-order valence-corrected chi connectivity index (χ2v) is 9.48. The van der Waals surface area contributed by atoms with E-state index in [0.29, 0.717) is 25.9 Å². The summed E-state index contributed by atoms with van der Waals surface area (Å²) in [5, 5.41) is 22.5. The van der Waals surface area contributed by atoms with E-state index in [1.54, 1.807) is 12.5 Å². The minimum atomic E-state index is -0.770. The van der Waals surface area contributed by atoms with Gasteiger partial charge in [0.1, 0.15) is 12.2 Å². The lowest BCUT2D eigenvalue weighted by Crippen LogP contribution is -2.69. The Hall–Kier alpha value is -1.37. The molecule has 7 atom stereocenters. The topological polar surface area (TPSA) is 92.4 Å². The zero-order valence-corrected chi connectivity index (χ0v) is 17.0. The molecule has 0 bridgehead atoms. The zero-order chi connectivity index (χ0) is 20.2. The van der Waals surface area contributed by atoms with Gasteiger partial charge in [-0.1, -0.05) is 13.8 Å². The lowest BCUT2D eigenvalue weighted by atomic mass is 9.42. The predicted molar refractivity (Wildman–Crippen MR) is 101 cm³/mol. The van der Waals surface area contributed by atoms with Gasteiger partial charge in [0.15, 0.2) is 0 Å². The van der Waals surface area contributed by atoms with Gasteiger partial charge in [-0.05, 0) is 55.1 Å². The van der Waals surface area contributed by atoms with Gasteiger partial charge in [0.05, 0.1) is 36.8 Å². The Bertz CT molecular complexity index is 711. The van der Waals surface area contributed by atoms with E-state index in [0.717, 1.165) is 18.4 Å². The SMILES string of the molecule is CC(=O)OC[C@@]12[C@H](O)C[C@@H](C)[C@](C)(CCc3ccoc3)[C@H]1[C@@H](O)CC[C@]21CO1. The standard InChI is InChI=1S/C22H32O6/c1-14-10-18(25)22(13-27-15(2)23)19(17(24)5-8-21(22)12-28-21)20(14,3)7-4-16-6-9-26-11-16/h6,9,11,14,17-19,24-25H,4-5,7-8,10,12-13H2,1-3H3/t14-,17+,18-,19-,20+,21+,22-/m1/s1. The van der Waals surface area contributed by atoms with Crippen molar-refractivity contribution in [2.45, 2.75) is 70.7 Å². The number of carbonyl (C=O) groups excluding carboxylic acids is 1. The Balaban J connectivity index is 1.73. The van der Waals surface area contributed by atoms with Gasteiger partial charge < -0.3 is 24.1 Å². The van der Waals surface area contributed by atoms with E-state index in [1.807, 2.05) is 6.07 Å². The van der Waals surface area contributed by atoms with Crippen LogP contribution in [0.15, 0.2) is 23.0 Å². The Morgan fingerprint density at radius 1 is 1.39 bits per heavy atom. The molecule has 0 amide bonds. The summed E-state index contributed by atoms with van der Waals surface area (Å²) in [5.74, 6) is -0.357. The molecule has 2 saturated carbocycles. The average Bonchev–Trinajstić information content (AvgIpc) is 3.23. The van der Waals surface area contributed by atoms with Crippen molar-refractivity contribution in [1.29, 1.82) is 0 Å². The number of carbonyl (C=O) groups is 1. The van der Waals surface area contributed by atoms with Crippen molar-refractivity contribution < 1.29 is 28.9 Å². The van der Waals surface area contributed by atoms with Crippen LogP contribution in [0.2, 0.25) is 0 Å². The Labute approximate surface area is 166 Å². The summed E-state index contributed by atoms with van der Waals surface area (Å²) in [5.41, 5.74) is -0.362. The number of ether oxygens (including phenoxy) is 2. The van der Waals surface area contributed by atoms with Crippen LogP contribution in [0.3, 0.4) is 0 Å². The number of aliphatic hydroxyl groups is 2. The van der Waals surface area contributed by atoms with Gasteiger partial charge in [-0.25, -0.2) is 0 Å². The van der Waals surface area contributed by atoms with E-state index in [9.17, 15) is 15.0 Å². The summed E-state index contributed by atoms with van der Waals surface area (Å²) < 4.78 is 16.7. The van der Waals surface area contributed by atoms with Crippen molar-refractivity contribution in [3.63, 3.8) is 0 Å². The number of aliphatic hydroxyl groups excluding tert-OH is 2. The number of fused-ring (bicyclic) bond motifs is 2. The first-order valence-electron chi connectivity index (χ1n) is 10.4. The third-order valence-corrected chi connectivity index (χ3v) is 8.18. The maximum Gasteiger partial charge on any atom is 0.302 e. The zero-order valence-electron chi connectivity index (χ0n) is 17.0. The molecule has 3 fully saturated rings. The second kappa shape index (κ2) is 6.85. The van der Waals surface area contributed by atoms with Crippen LogP contribution in [-0.4, -0.2) is 47.2 Å². The van der Waals surface area contributed by atoms with Gasteiger partial charge in [0.2, 0.25) is 0 Å². The van der Waals surface area contributed by atoms with E-state index in [2.05, 4.69) is 13.8 Å². The van der Waals surface area contributed by atoms with E-state index < -0.39 is 23.2 Å². The summed E-state index contributed by atoms with van der Waals surface area (Å²) in [6.07, 6.45) is 5.86. The van der Waals surface area contributed by atoms with Crippen LogP contribution >= 0.6 is 0 Å². The molecule has 4 rings (SSSR count). The van der Waals surface area contributed by atoms with E-state index in [-0.39, 0.29) is 29.8 Å². The number of aryl methyl sites for hydroxylation is 1. The summed E-state index contributed by atoms with van der Waals surface area (Å²) in [7, 11) is 0. The highest BCUT2D eigenvalue weighted by atomic mass is 16.6. The largest absolute Gasteiger partial charge is 0.472 e. The molecular weight excluding hydrogens is 360 g/mol. The van der Waals surface area contributed by atoms with E-state index in [4.69, 9.17) is 13.9 Å². The molecule has 1 saturated heterocycles. The molecular formula is C22H32O6. The van der Waals surface area contributed by atoms with Crippen molar-refractivity contribution in [1.82, 2.24) is 0 Å². The lowest BCUT2D eigenvalue weighted by molar-refractivity contribution is -0.246. The highest BCUT2D eigenvalue weighted by molar-refractivity contribution is 5.66. The first-order valence-corrected chi connectivity index (χ1v) is 10.4. The maximum absolute atomic E-state index is 11.7. The fourth-order valence-corrected chi connectivity index (χ4v) is 6.36. The molecule has 1 spiro atoms. The molecule has 2 N–H and O–H groups in total. The summed E-state index contributed by atoms with van der Waals surface area (Å²) in [4.78, 5) is 11.7. The smallest absolute Gasteiger partial charge is 0.302 e. The molecule has 6 heteroatoms. The first kappa shape index (κ1) is 19.9. The van der Waals surface area contributed by atoms with E-state index in [1.165, 1.54) is 6.92 Å². The van der Waals surface area contributed by atoms with Gasteiger partial charge in [-0.15, -0.1) is 0 Å². The van der Waals surface area contributed by atoms with Crippen LogP contribution in [0.4, 0.5) is 0 Å². The molecule has 2 heterocycles. The van der Waals surface area contributed by atoms with Crippen LogP contribution in [0.1, 0.15) is 52.0 Å². The van der Waals surface area contributed by atoms with Crippen LogP contribution < -0.4 is 0 Å². The highest BCUT2D eigenvalue weighted by Gasteiger charge is 2.75. The molecule has 0 aromatic carbocycles. The van der Waals surface area contributed by atoms with Crippen molar-refractivity contribution in [2.75, 3.05) is 13.2 Å². The third kappa shape index (κ3) is 2.84. The predicted octanol–water partition coefficient (Wildman–Crippen LogP) is 2.71. The monoisotopic (exact) mass is 392 g/mol. The number of hydrogen-bond acceptors (Lipinski definition) is 6. The molecule has 1 aromatic heterocycles. The highest BCUT2D eigenvalue weighted by Crippen LogP contribution is 2.68. The van der Waals surface area contributed by atoms with Gasteiger partial charge in [-0.2, -0.15) is 0 Å². The maximum atomic E-state index is 11.7. The van der Waals surface area contributed by atoms with Gasteiger partial charge >= 0.3 is 5.97 Å². The third-order valence-electron chi connectivity index (χ3n) is 8.18. The molecule has 28 heavy (non-hydrogen) atoms. The number of esters is 1. The van der Waals surface area contributed by atoms with Crippen molar-refractivity contribution >= 4 is 5.97 Å². The van der Waals surface area contributed by atoms with Crippen molar-refractivity contribution in [3.8, 4) is 0 Å². The molecule has 0 radical (unpaired) electrons. The molecule has 6 nitrogen and oxygen atoms in total. The Morgan fingerprint density at radius 3 is 2.75 bits per heavy atom. The Kier molecular flexibility index (Phi) is 4.88. The molecule has 3 aliphatic rings. The molecule has 2 aliphatic carbocycles. The minimum absolute atomic E-state index is 0.0965. The number of hydrogen-bond donors (Lipinski definition) is 2. The summed E-state index contributed by atoms with van der Waals surface area (Å²) in [6.45, 7) is 6.43. The van der Waals surface area contributed by atoms with E-state index >= 15 is 0 Å². The summed E-state index contributed by atoms with van der Waals surface area (Å²) in [6, 6.07) is 1.97. The minimum Gasteiger partial charge on any atom is -0.472 e. The number of furan rings is 1. The van der Waals surface area contributed by atoms with Gasteiger partial charge in [-0.3, -0.25) is 4.79 Å². The quantitative estimate of drug-likeness (QED) is 0.591. The van der Waals surface area contributed by atoms with Crippen molar-refractivity contribution in [2.24, 2.45) is 22.7 Å². The molecule has 1 aromatic rings. The lowest BCUT2D eigenvalue weighted by Gasteiger charge is -2.63. The second-order valence-electron chi connectivity index (χ2n) is 9.48. The number of epoxide rings is 1. The fraction of sp³-hybridized carbons (Fsp3) is 0.773. The Morgan fingerprint density at radius 2 is 2.14 bits per heavy atom. The van der Waals surface area contributed by atoms with Gasteiger partial charge in [0, 0.05) is 12.8 Å². The molecule has 1 aliphatic heterocycles.